The Kier molecular flexibility index (Phi) is 5.46. The van der Waals surface area contributed by atoms with Crippen LogP contribution in [0.4, 0.5) is 11.4 Å². The molecule has 8 heteroatoms. The summed E-state index contributed by atoms with van der Waals surface area (Å²) in [7, 11) is -3.91. The van der Waals surface area contributed by atoms with Crippen LogP contribution in [0.1, 0.15) is 26.7 Å². The second kappa shape index (κ2) is 6.67. The number of anilines is 1. The van der Waals surface area contributed by atoms with Gasteiger partial charge in [-0.25, -0.2) is 8.42 Å². The lowest BCUT2D eigenvalue weighted by atomic mass is 10.3. The number of nitro groups is 1. The molecule has 0 fully saturated rings. The normalized spacial score (nSPS) is 11.8. The van der Waals surface area contributed by atoms with Crippen molar-refractivity contribution in [2.45, 2.75) is 31.6 Å². The van der Waals surface area contributed by atoms with E-state index in [1.54, 1.807) is 6.92 Å². The van der Waals surface area contributed by atoms with Gasteiger partial charge in [0.1, 0.15) is 0 Å². The fourth-order valence-corrected chi connectivity index (χ4v) is 3.49. The number of sulfonamides is 1. The average molecular weight is 301 g/mol. The van der Waals surface area contributed by atoms with E-state index in [0.717, 1.165) is 18.6 Å². The fraction of sp³-hybridized carbons (Fsp3) is 0.500. The van der Waals surface area contributed by atoms with Crippen molar-refractivity contribution in [1.29, 1.82) is 0 Å². The lowest BCUT2D eigenvalue weighted by molar-refractivity contribution is -0.387. The SMILES string of the molecule is CCCCN(CC)S(=O)(=O)c1cc(N)ccc1[N+](=O)[O-]. The van der Waals surface area contributed by atoms with E-state index in [-0.39, 0.29) is 17.1 Å². The summed E-state index contributed by atoms with van der Waals surface area (Å²) >= 11 is 0. The molecule has 0 aromatic heterocycles. The highest BCUT2D eigenvalue weighted by Gasteiger charge is 2.30. The summed E-state index contributed by atoms with van der Waals surface area (Å²) in [5, 5.41) is 11.0. The van der Waals surface area contributed by atoms with Gasteiger partial charge in [0, 0.05) is 24.8 Å². The summed E-state index contributed by atoms with van der Waals surface area (Å²) in [6.45, 7) is 4.24. The summed E-state index contributed by atoms with van der Waals surface area (Å²) in [5.41, 5.74) is 5.29. The first-order chi connectivity index (χ1) is 9.34. The number of hydrogen-bond acceptors (Lipinski definition) is 5. The maximum atomic E-state index is 12.5. The minimum atomic E-state index is -3.91. The van der Waals surface area contributed by atoms with E-state index in [4.69, 9.17) is 5.73 Å². The van der Waals surface area contributed by atoms with Crippen LogP contribution in [-0.4, -0.2) is 30.7 Å². The third-order valence-corrected chi connectivity index (χ3v) is 4.92. The number of nitro benzene ring substituents is 1. The van der Waals surface area contributed by atoms with E-state index in [0.29, 0.717) is 13.0 Å². The molecule has 0 saturated heterocycles. The summed E-state index contributed by atoms with van der Waals surface area (Å²) in [6.07, 6.45) is 1.54. The van der Waals surface area contributed by atoms with Gasteiger partial charge in [-0.05, 0) is 18.6 Å². The van der Waals surface area contributed by atoms with E-state index >= 15 is 0 Å². The molecule has 0 radical (unpaired) electrons. The zero-order valence-electron chi connectivity index (χ0n) is 11.6. The standard InChI is InChI=1S/C12H19N3O4S/c1-3-5-8-14(4-2)20(18,19)12-9-10(13)6-7-11(12)15(16)17/h6-7,9H,3-5,8,13H2,1-2H3. The zero-order chi connectivity index (χ0) is 15.3. The molecule has 0 saturated carbocycles. The van der Waals surface area contributed by atoms with Gasteiger partial charge in [-0.1, -0.05) is 20.3 Å². The van der Waals surface area contributed by atoms with Crippen molar-refractivity contribution in [1.82, 2.24) is 4.31 Å². The molecule has 0 aliphatic rings. The molecule has 1 rings (SSSR count). The largest absolute Gasteiger partial charge is 0.399 e. The van der Waals surface area contributed by atoms with Crippen LogP contribution < -0.4 is 5.73 Å². The number of nitrogens with two attached hydrogens (primary N) is 1. The average Bonchev–Trinajstić information content (AvgIpc) is 2.38. The van der Waals surface area contributed by atoms with Gasteiger partial charge in [-0.3, -0.25) is 10.1 Å². The van der Waals surface area contributed by atoms with Gasteiger partial charge in [0.25, 0.3) is 5.69 Å². The Hall–Kier alpha value is -1.67. The first-order valence-corrected chi connectivity index (χ1v) is 7.82. The molecule has 0 atom stereocenters. The zero-order valence-corrected chi connectivity index (χ0v) is 12.4. The Morgan fingerprint density at radius 3 is 2.50 bits per heavy atom. The number of nitrogen functional groups attached to an aromatic ring is 1. The molecule has 2 N–H and O–H groups in total. The van der Waals surface area contributed by atoms with Crippen molar-refractivity contribution in [3.05, 3.63) is 28.3 Å². The Bertz CT molecular complexity index is 586. The second-order valence-corrected chi connectivity index (χ2v) is 6.24. The van der Waals surface area contributed by atoms with Crippen LogP contribution >= 0.6 is 0 Å². The quantitative estimate of drug-likeness (QED) is 0.471. The molecule has 20 heavy (non-hydrogen) atoms. The van der Waals surface area contributed by atoms with Crippen molar-refractivity contribution in [3.8, 4) is 0 Å². The van der Waals surface area contributed by atoms with Gasteiger partial charge in [-0.15, -0.1) is 0 Å². The molecular formula is C12H19N3O4S. The van der Waals surface area contributed by atoms with Gasteiger partial charge in [0.05, 0.1) is 4.92 Å². The number of benzene rings is 1. The van der Waals surface area contributed by atoms with E-state index < -0.39 is 20.6 Å². The molecule has 1 aromatic carbocycles. The smallest absolute Gasteiger partial charge is 0.289 e. The Labute approximate surface area is 118 Å². The molecule has 0 unspecified atom stereocenters. The molecule has 0 aliphatic heterocycles. The van der Waals surface area contributed by atoms with E-state index in [2.05, 4.69) is 0 Å². The van der Waals surface area contributed by atoms with Crippen LogP contribution in [0.15, 0.2) is 23.1 Å². The van der Waals surface area contributed by atoms with E-state index in [1.165, 1.54) is 10.4 Å². The predicted molar refractivity (Wildman–Crippen MR) is 76.8 cm³/mol. The molecule has 7 nitrogen and oxygen atoms in total. The lowest BCUT2D eigenvalue weighted by Crippen LogP contribution is -2.32. The van der Waals surface area contributed by atoms with Crippen LogP contribution in [0, 0.1) is 10.1 Å². The van der Waals surface area contributed by atoms with E-state index in [9.17, 15) is 18.5 Å². The molecule has 0 aliphatic carbocycles. The highest BCUT2D eigenvalue weighted by molar-refractivity contribution is 7.89. The molecule has 112 valence electrons. The van der Waals surface area contributed by atoms with E-state index in [1.807, 2.05) is 6.92 Å². The summed E-state index contributed by atoms with van der Waals surface area (Å²) in [5.74, 6) is 0. The maximum Gasteiger partial charge on any atom is 0.289 e. The second-order valence-electron chi connectivity index (χ2n) is 4.33. The van der Waals surface area contributed by atoms with Gasteiger partial charge < -0.3 is 5.73 Å². The van der Waals surface area contributed by atoms with Gasteiger partial charge >= 0.3 is 0 Å². The minimum absolute atomic E-state index is 0.181. The van der Waals surface area contributed by atoms with Crippen LogP contribution in [-0.2, 0) is 10.0 Å². The number of rotatable bonds is 7. The first-order valence-electron chi connectivity index (χ1n) is 6.38. The molecule has 0 heterocycles. The Morgan fingerprint density at radius 1 is 1.35 bits per heavy atom. The molecule has 0 bridgehead atoms. The molecular weight excluding hydrogens is 282 g/mol. The molecule has 1 aromatic rings. The van der Waals surface area contributed by atoms with Crippen LogP contribution in [0.2, 0.25) is 0 Å². The molecule has 0 spiro atoms. The first kappa shape index (κ1) is 16.4. The topological polar surface area (TPSA) is 107 Å². The third-order valence-electron chi connectivity index (χ3n) is 2.91. The number of unbranched alkanes of at least 4 members (excludes halogenated alkanes) is 1. The van der Waals surface area contributed by atoms with Crippen LogP contribution in [0.3, 0.4) is 0 Å². The van der Waals surface area contributed by atoms with Crippen molar-refractivity contribution >= 4 is 21.4 Å². The van der Waals surface area contributed by atoms with Gasteiger partial charge in [0.15, 0.2) is 4.90 Å². The monoisotopic (exact) mass is 301 g/mol. The van der Waals surface area contributed by atoms with Crippen molar-refractivity contribution in [2.75, 3.05) is 18.8 Å². The van der Waals surface area contributed by atoms with Crippen molar-refractivity contribution in [2.24, 2.45) is 0 Å². The predicted octanol–water partition coefficient (Wildman–Crippen LogP) is 1.99. The van der Waals surface area contributed by atoms with Gasteiger partial charge in [0.2, 0.25) is 10.0 Å². The lowest BCUT2D eigenvalue weighted by Gasteiger charge is -2.20. The third kappa shape index (κ3) is 3.45. The number of nitrogens with zero attached hydrogens (tertiary/aromatic N) is 2. The van der Waals surface area contributed by atoms with Crippen LogP contribution in [0.5, 0.6) is 0 Å². The van der Waals surface area contributed by atoms with Gasteiger partial charge in [-0.2, -0.15) is 4.31 Å². The summed E-state index contributed by atoms with van der Waals surface area (Å²) in [4.78, 5) is 9.93. The van der Waals surface area contributed by atoms with Crippen LogP contribution in [0.25, 0.3) is 0 Å². The highest BCUT2D eigenvalue weighted by Crippen LogP contribution is 2.28. The Morgan fingerprint density at radius 2 is 2.00 bits per heavy atom. The fourth-order valence-electron chi connectivity index (χ4n) is 1.81. The molecule has 0 amide bonds. The van der Waals surface area contributed by atoms with Crippen molar-refractivity contribution < 1.29 is 13.3 Å². The Balaban J connectivity index is 3.32. The maximum absolute atomic E-state index is 12.5. The number of hydrogen-bond donors (Lipinski definition) is 1. The summed E-state index contributed by atoms with van der Waals surface area (Å²) < 4.78 is 26.3. The van der Waals surface area contributed by atoms with Crippen molar-refractivity contribution in [3.63, 3.8) is 0 Å². The summed E-state index contributed by atoms with van der Waals surface area (Å²) in [6, 6.07) is 3.58. The highest BCUT2D eigenvalue weighted by atomic mass is 32.2. The minimum Gasteiger partial charge on any atom is -0.399 e.